The molecule has 2 N–H and O–H groups in total. The van der Waals surface area contributed by atoms with Crippen molar-refractivity contribution in [2.45, 2.75) is 6.54 Å². The molecule has 0 saturated carbocycles. The molecule has 0 aromatic heterocycles. The summed E-state index contributed by atoms with van der Waals surface area (Å²) in [6.07, 6.45) is 0. The summed E-state index contributed by atoms with van der Waals surface area (Å²) in [5, 5.41) is 0. The first kappa shape index (κ1) is 18.3. The number of benzene rings is 1. The van der Waals surface area contributed by atoms with Crippen LogP contribution in [0.1, 0.15) is 5.56 Å². The van der Waals surface area contributed by atoms with Gasteiger partial charge in [-0.2, -0.15) is 11.8 Å². The average Bonchev–Trinajstić information content (AvgIpc) is 2.45. The molecule has 0 spiro atoms. The van der Waals surface area contributed by atoms with Gasteiger partial charge in [-0.25, -0.2) is 22.6 Å². The van der Waals surface area contributed by atoms with E-state index in [0.29, 0.717) is 19.2 Å². The standard InChI is InChI=1S/C12H13F4N3S.HI/c13-8-5-9(14)11(16)10(15)7(8)6-18-12(17)19-1-3-20-4-2-19;/h5H,1-4,6H2,(H2,17,18);1H. The maximum Gasteiger partial charge on any atom is 0.194 e. The first-order chi connectivity index (χ1) is 9.50. The van der Waals surface area contributed by atoms with Crippen molar-refractivity contribution in [2.75, 3.05) is 24.6 Å². The minimum atomic E-state index is -1.70. The summed E-state index contributed by atoms with van der Waals surface area (Å²) in [7, 11) is 0. The van der Waals surface area contributed by atoms with Gasteiger partial charge in [0.2, 0.25) is 0 Å². The summed E-state index contributed by atoms with van der Waals surface area (Å²) >= 11 is 1.78. The van der Waals surface area contributed by atoms with E-state index in [1.807, 2.05) is 0 Å². The van der Waals surface area contributed by atoms with Crippen molar-refractivity contribution in [3.63, 3.8) is 0 Å². The van der Waals surface area contributed by atoms with Gasteiger partial charge >= 0.3 is 0 Å². The van der Waals surface area contributed by atoms with E-state index in [1.54, 1.807) is 16.7 Å². The van der Waals surface area contributed by atoms with Crippen LogP contribution in [0, 0.1) is 23.3 Å². The Morgan fingerprint density at radius 1 is 1.14 bits per heavy atom. The molecule has 1 saturated heterocycles. The molecule has 1 fully saturated rings. The summed E-state index contributed by atoms with van der Waals surface area (Å²) in [6.45, 7) is 0.926. The lowest BCUT2D eigenvalue weighted by molar-refractivity contribution is 0.424. The van der Waals surface area contributed by atoms with Crippen LogP contribution >= 0.6 is 35.7 Å². The van der Waals surface area contributed by atoms with Crippen LogP contribution in [0.25, 0.3) is 0 Å². The van der Waals surface area contributed by atoms with Gasteiger partial charge in [0, 0.05) is 36.2 Å². The third kappa shape index (κ3) is 4.38. The quantitative estimate of drug-likeness (QED) is 0.194. The summed E-state index contributed by atoms with van der Waals surface area (Å²) < 4.78 is 52.7. The van der Waals surface area contributed by atoms with Crippen molar-refractivity contribution in [1.29, 1.82) is 0 Å². The number of nitrogens with zero attached hydrogens (tertiary/aromatic N) is 2. The van der Waals surface area contributed by atoms with Crippen LogP contribution in [-0.2, 0) is 6.54 Å². The van der Waals surface area contributed by atoms with E-state index in [2.05, 4.69) is 4.99 Å². The van der Waals surface area contributed by atoms with Gasteiger partial charge in [-0.1, -0.05) is 0 Å². The van der Waals surface area contributed by atoms with Gasteiger partial charge < -0.3 is 10.6 Å². The molecule has 0 radical (unpaired) electrons. The Balaban J connectivity index is 0.00000220. The van der Waals surface area contributed by atoms with Crippen LogP contribution < -0.4 is 5.73 Å². The van der Waals surface area contributed by atoms with Crippen LogP contribution in [0.4, 0.5) is 17.6 Å². The van der Waals surface area contributed by atoms with E-state index in [-0.39, 0.29) is 29.9 Å². The van der Waals surface area contributed by atoms with E-state index in [0.717, 1.165) is 11.5 Å². The number of thioether (sulfide) groups is 1. The lowest BCUT2D eigenvalue weighted by Crippen LogP contribution is -2.42. The smallest absolute Gasteiger partial charge is 0.194 e. The zero-order chi connectivity index (χ0) is 14.7. The zero-order valence-corrected chi connectivity index (χ0v) is 14.1. The molecular formula is C12H14F4IN3S. The molecule has 0 unspecified atom stereocenters. The fourth-order valence-electron chi connectivity index (χ4n) is 1.80. The van der Waals surface area contributed by atoms with E-state index < -0.39 is 35.4 Å². The molecule has 1 heterocycles. The van der Waals surface area contributed by atoms with Crippen molar-refractivity contribution in [1.82, 2.24) is 4.90 Å². The Labute approximate surface area is 141 Å². The summed E-state index contributed by atoms with van der Waals surface area (Å²) in [5.41, 5.74) is 5.09. The van der Waals surface area contributed by atoms with Gasteiger partial charge in [0.05, 0.1) is 6.54 Å². The maximum atomic E-state index is 13.4. The number of aliphatic imine (C=N–C) groups is 1. The number of hydrogen-bond acceptors (Lipinski definition) is 2. The molecule has 9 heteroatoms. The Kier molecular flexibility index (Phi) is 7.04. The van der Waals surface area contributed by atoms with Crippen molar-refractivity contribution in [2.24, 2.45) is 10.7 Å². The van der Waals surface area contributed by atoms with Crippen molar-refractivity contribution in [3.05, 3.63) is 34.9 Å². The second kappa shape index (κ2) is 8.06. The fourth-order valence-corrected chi connectivity index (χ4v) is 2.70. The highest BCUT2D eigenvalue weighted by molar-refractivity contribution is 14.0. The largest absolute Gasteiger partial charge is 0.370 e. The summed E-state index contributed by atoms with van der Waals surface area (Å²) in [4.78, 5) is 5.64. The van der Waals surface area contributed by atoms with E-state index >= 15 is 0 Å². The Morgan fingerprint density at radius 3 is 2.38 bits per heavy atom. The van der Waals surface area contributed by atoms with Gasteiger partial charge in [-0.05, 0) is 0 Å². The second-order valence-electron chi connectivity index (χ2n) is 4.22. The monoisotopic (exact) mass is 435 g/mol. The normalized spacial score (nSPS) is 15.8. The SMILES string of the molecule is I.NC(=NCc1c(F)cc(F)c(F)c1F)N1CCSCC1. The van der Waals surface area contributed by atoms with Crippen molar-refractivity contribution >= 4 is 41.7 Å². The van der Waals surface area contributed by atoms with E-state index in [4.69, 9.17) is 5.73 Å². The Hall–Kier alpha value is -0.710. The van der Waals surface area contributed by atoms with Crippen LogP contribution in [-0.4, -0.2) is 35.5 Å². The van der Waals surface area contributed by atoms with E-state index in [9.17, 15) is 17.6 Å². The number of rotatable bonds is 2. The molecule has 1 aromatic rings. The summed E-state index contributed by atoms with van der Waals surface area (Å²) in [5.74, 6) is -4.07. The first-order valence-electron chi connectivity index (χ1n) is 5.95. The number of nitrogens with two attached hydrogens (primary N) is 1. The number of halogens is 5. The highest BCUT2D eigenvalue weighted by atomic mass is 127. The van der Waals surface area contributed by atoms with Gasteiger partial charge in [-0.15, -0.1) is 24.0 Å². The number of guanidine groups is 1. The Bertz CT molecular complexity index is 536. The van der Waals surface area contributed by atoms with Crippen LogP contribution in [0.5, 0.6) is 0 Å². The highest BCUT2D eigenvalue weighted by Gasteiger charge is 2.19. The zero-order valence-electron chi connectivity index (χ0n) is 10.9. The molecule has 1 aliphatic heterocycles. The summed E-state index contributed by atoms with van der Waals surface area (Å²) in [6, 6.07) is 0.303. The third-order valence-corrected chi connectivity index (χ3v) is 3.89. The highest BCUT2D eigenvalue weighted by Crippen LogP contribution is 2.20. The fraction of sp³-hybridized carbons (Fsp3) is 0.417. The van der Waals surface area contributed by atoms with Crippen LogP contribution in [0.3, 0.4) is 0 Å². The molecule has 0 bridgehead atoms. The molecule has 2 rings (SSSR count). The molecule has 21 heavy (non-hydrogen) atoms. The predicted octanol–water partition coefficient (Wildman–Crippen LogP) is 2.72. The van der Waals surface area contributed by atoms with Crippen LogP contribution in [0.2, 0.25) is 0 Å². The average molecular weight is 435 g/mol. The van der Waals surface area contributed by atoms with Crippen molar-refractivity contribution < 1.29 is 17.6 Å². The van der Waals surface area contributed by atoms with Gasteiger partial charge in [0.15, 0.2) is 23.4 Å². The lowest BCUT2D eigenvalue weighted by atomic mass is 10.2. The Morgan fingerprint density at radius 2 is 1.76 bits per heavy atom. The minimum Gasteiger partial charge on any atom is -0.370 e. The predicted molar refractivity (Wildman–Crippen MR) is 85.9 cm³/mol. The minimum absolute atomic E-state index is 0. The molecule has 3 nitrogen and oxygen atoms in total. The molecule has 1 aromatic carbocycles. The van der Waals surface area contributed by atoms with Gasteiger partial charge in [-0.3, -0.25) is 0 Å². The molecular weight excluding hydrogens is 421 g/mol. The van der Waals surface area contributed by atoms with Gasteiger partial charge in [0.1, 0.15) is 5.82 Å². The number of hydrogen-bond donors (Lipinski definition) is 1. The molecule has 0 amide bonds. The van der Waals surface area contributed by atoms with Crippen LogP contribution in [0.15, 0.2) is 11.1 Å². The van der Waals surface area contributed by atoms with E-state index in [1.165, 1.54) is 0 Å². The maximum absolute atomic E-state index is 13.4. The van der Waals surface area contributed by atoms with Gasteiger partial charge in [0.25, 0.3) is 0 Å². The molecule has 118 valence electrons. The third-order valence-electron chi connectivity index (χ3n) is 2.94. The topological polar surface area (TPSA) is 41.6 Å². The molecule has 0 atom stereocenters. The first-order valence-corrected chi connectivity index (χ1v) is 7.10. The second-order valence-corrected chi connectivity index (χ2v) is 5.45. The van der Waals surface area contributed by atoms with Crippen molar-refractivity contribution in [3.8, 4) is 0 Å². The molecule has 0 aliphatic carbocycles. The lowest BCUT2D eigenvalue weighted by Gasteiger charge is -2.27. The molecule has 1 aliphatic rings.